The summed E-state index contributed by atoms with van der Waals surface area (Å²) in [6, 6.07) is 0. The van der Waals surface area contributed by atoms with Gasteiger partial charge in [-0.1, -0.05) is 11.6 Å². The molecule has 64 valence electrons. The number of rotatable bonds is 4. The number of alkyl halides is 3. The topological polar surface area (TPSA) is 17.1 Å². The molecule has 11 heavy (non-hydrogen) atoms. The van der Waals surface area contributed by atoms with Crippen LogP contribution in [-0.2, 0) is 4.79 Å². The summed E-state index contributed by atoms with van der Waals surface area (Å²) in [4.78, 5) is 10.8. The zero-order chi connectivity index (χ0) is 8.85. The van der Waals surface area contributed by atoms with Crippen LogP contribution < -0.4 is 0 Å². The Balaban J connectivity index is 4.04. The van der Waals surface area contributed by atoms with Gasteiger partial charge in [0.05, 0.1) is 11.8 Å². The molecule has 0 aliphatic rings. The van der Waals surface area contributed by atoms with Crippen molar-refractivity contribution in [1.82, 2.24) is 0 Å². The summed E-state index contributed by atoms with van der Waals surface area (Å²) >= 11 is 21.6. The highest BCUT2D eigenvalue weighted by atomic mass is 35.5. The maximum absolute atomic E-state index is 10.8. The lowest BCUT2D eigenvalue weighted by molar-refractivity contribution is -0.115. The number of Topliss-reactive ketones (excluding diaryl/α,β-unsaturated/α-hetero) is 1. The van der Waals surface area contributed by atoms with E-state index in [9.17, 15) is 4.79 Å². The van der Waals surface area contributed by atoms with Crippen LogP contribution in [0.3, 0.4) is 0 Å². The van der Waals surface area contributed by atoms with Gasteiger partial charge in [0.1, 0.15) is 5.38 Å². The molecule has 0 rings (SSSR count). The van der Waals surface area contributed by atoms with Gasteiger partial charge in [-0.15, -0.1) is 34.8 Å². The Hall–Kier alpha value is 0.570. The molecular formula is C6H6Cl4O. The SMILES string of the molecule is O=C(CCl)C(Cl)C=C(Cl)CCl. The molecule has 0 aromatic heterocycles. The summed E-state index contributed by atoms with van der Waals surface area (Å²) in [6.07, 6.45) is 1.38. The number of carbonyl (C=O) groups is 1. The molecule has 1 unspecified atom stereocenters. The third-order valence-corrected chi connectivity index (χ3v) is 2.21. The predicted octanol–water partition coefficient (Wildman–Crippen LogP) is 2.76. The zero-order valence-corrected chi connectivity index (χ0v) is 8.51. The van der Waals surface area contributed by atoms with Crippen molar-refractivity contribution in [3.05, 3.63) is 11.1 Å². The quantitative estimate of drug-likeness (QED) is 0.685. The van der Waals surface area contributed by atoms with Gasteiger partial charge in [-0.2, -0.15) is 0 Å². The fourth-order valence-corrected chi connectivity index (χ4v) is 1.12. The molecule has 1 nitrogen and oxygen atoms in total. The summed E-state index contributed by atoms with van der Waals surface area (Å²) in [5.74, 6) is -0.242. The molecule has 0 amide bonds. The van der Waals surface area contributed by atoms with E-state index >= 15 is 0 Å². The van der Waals surface area contributed by atoms with Crippen LogP contribution in [0.2, 0.25) is 0 Å². The Bertz CT molecular complexity index is 166. The van der Waals surface area contributed by atoms with Gasteiger partial charge >= 0.3 is 0 Å². The Morgan fingerprint density at radius 1 is 1.36 bits per heavy atom. The Kier molecular flexibility index (Phi) is 6.44. The van der Waals surface area contributed by atoms with E-state index in [1.54, 1.807) is 0 Å². The minimum Gasteiger partial charge on any atom is -0.296 e. The summed E-state index contributed by atoms with van der Waals surface area (Å²) in [5.41, 5.74) is 0. The molecule has 0 saturated heterocycles. The molecule has 0 heterocycles. The van der Waals surface area contributed by atoms with Gasteiger partial charge < -0.3 is 0 Å². The molecular weight excluding hydrogens is 230 g/mol. The van der Waals surface area contributed by atoms with E-state index in [-0.39, 0.29) is 17.5 Å². The van der Waals surface area contributed by atoms with Crippen LogP contribution in [0, 0.1) is 0 Å². The Labute approximate surface area is 85.2 Å². The summed E-state index contributed by atoms with van der Waals surface area (Å²) in [5, 5.41) is -0.413. The lowest BCUT2D eigenvalue weighted by Gasteiger charge is -1.99. The molecule has 0 aliphatic heterocycles. The van der Waals surface area contributed by atoms with Gasteiger partial charge in [-0.25, -0.2) is 0 Å². The van der Waals surface area contributed by atoms with Crippen LogP contribution in [0.15, 0.2) is 11.1 Å². The standard InChI is InChI=1S/C6H6Cl4O/c7-2-4(9)1-5(10)6(11)3-8/h1,5H,2-3H2. The van der Waals surface area contributed by atoms with Crippen molar-refractivity contribution in [1.29, 1.82) is 0 Å². The average molecular weight is 236 g/mol. The van der Waals surface area contributed by atoms with Crippen LogP contribution in [-0.4, -0.2) is 22.9 Å². The summed E-state index contributed by atoms with van der Waals surface area (Å²) < 4.78 is 0. The van der Waals surface area contributed by atoms with Gasteiger partial charge in [0, 0.05) is 5.03 Å². The maximum atomic E-state index is 10.8. The van der Waals surface area contributed by atoms with E-state index in [1.807, 2.05) is 0 Å². The highest BCUT2D eigenvalue weighted by Crippen LogP contribution is 2.10. The van der Waals surface area contributed by atoms with Crippen molar-refractivity contribution in [3.8, 4) is 0 Å². The fraction of sp³-hybridized carbons (Fsp3) is 0.500. The van der Waals surface area contributed by atoms with Crippen molar-refractivity contribution in [2.75, 3.05) is 11.8 Å². The average Bonchev–Trinajstić information content (AvgIpc) is 2.02. The number of hydrogen-bond acceptors (Lipinski definition) is 1. The second-order valence-corrected chi connectivity index (χ2v) is 3.24. The predicted molar refractivity (Wildman–Crippen MR) is 50.0 cm³/mol. The van der Waals surface area contributed by atoms with E-state index in [0.29, 0.717) is 5.03 Å². The molecule has 0 spiro atoms. The Morgan fingerprint density at radius 3 is 2.27 bits per heavy atom. The number of ketones is 1. The molecule has 0 aromatic carbocycles. The molecule has 0 N–H and O–H groups in total. The van der Waals surface area contributed by atoms with E-state index in [4.69, 9.17) is 46.4 Å². The van der Waals surface area contributed by atoms with Gasteiger partial charge in [0.25, 0.3) is 0 Å². The Morgan fingerprint density at radius 2 is 1.91 bits per heavy atom. The minimum absolute atomic E-state index is 0.114. The largest absolute Gasteiger partial charge is 0.296 e. The van der Waals surface area contributed by atoms with Crippen molar-refractivity contribution < 1.29 is 4.79 Å². The second-order valence-electron chi connectivity index (χ2n) is 1.75. The molecule has 5 heteroatoms. The van der Waals surface area contributed by atoms with Crippen LogP contribution >= 0.6 is 46.4 Å². The van der Waals surface area contributed by atoms with E-state index < -0.39 is 5.38 Å². The number of allylic oxidation sites excluding steroid dienone is 2. The van der Waals surface area contributed by atoms with Crippen LogP contribution in [0.4, 0.5) is 0 Å². The molecule has 0 aromatic rings. The lowest BCUT2D eigenvalue weighted by atomic mass is 10.3. The van der Waals surface area contributed by atoms with Gasteiger partial charge in [-0.3, -0.25) is 4.79 Å². The van der Waals surface area contributed by atoms with Crippen molar-refractivity contribution >= 4 is 52.2 Å². The zero-order valence-electron chi connectivity index (χ0n) is 5.49. The first-order valence-electron chi connectivity index (χ1n) is 2.76. The van der Waals surface area contributed by atoms with Crippen molar-refractivity contribution in [2.45, 2.75) is 5.38 Å². The molecule has 1 atom stereocenters. The molecule has 0 radical (unpaired) electrons. The third-order valence-electron chi connectivity index (χ3n) is 0.894. The smallest absolute Gasteiger partial charge is 0.169 e. The molecule has 0 fully saturated rings. The molecule has 0 saturated carbocycles. The van der Waals surface area contributed by atoms with Crippen LogP contribution in [0.5, 0.6) is 0 Å². The number of hydrogen-bond donors (Lipinski definition) is 0. The van der Waals surface area contributed by atoms with E-state index in [1.165, 1.54) is 6.08 Å². The van der Waals surface area contributed by atoms with Gasteiger partial charge in [-0.05, 0) is 6.08 Å². The van der Waals surface area contributed by atoms with Crippen molar-refractivity contribution in [3.63, 3.8) is 0 Å². The third kappa shape index (κ3) is 4.91. The van der Waals surface area contributed by atoms with Crippen LogP contribution in [0.1, 0.15) is 0 Å². The molecule has 0 bridgehead atoms. The normalized spacial score (nSPS) is 14.7. The van der Waals surface area contributed by atoms with Crippen LogP contribution in [0.25, 0.3) is 0 Å². The monoisotopic (exact) mass is 234 g/mol. The van der Waals surface area contributed by atoms with Gasteiger partial charge in [0.15, 0.2) is 5.78 Å². The summed E-state index contributed by atoms with van der Waals surface area (Å²) in [6.45, 7) is 0. The molecule has 0 aliphatic carbocycles. The number of halogens is 4. The second kappa shape index (κ2) is 6.13. The van der Waals surface area contributed by atoms with E-state index in [0.717, 1.165) is 0 Å². The maximum Gasteiger partial charge on any atom is 0.169 e. The first-order valence-corrected chi connectivity index (χ1v) is 4.65. The highest BCUT2D eigenvalue weighted by Gasteiger charge is 2.10. The fourth-order valence-electron chi connectivity index (χ4n) is 0.370. The van der Waals surface area contributed by atoms with E-state index in [2.05, 4.69) is 0 Å². The number of carbonyl (C=O) groups excluding carboxylic acids is 1. The first kappa shape index (κ1) is 11.6. The van der Waals surface area contributed by atoms with Gasteiger partial charge in [0.2, 0.25) is 0 Å². The lowest BCUT2D eigenvalue weighted by Crippen LogP contribution is -2.13. The first-order chi connectivity index (χ1) is 5.11. The summed E-state index contributed by atoms with van der Waals surface area (Å²) in [7, 11) is 0. The highest BCUT2D eigenvalue weighted by molar-refractivity contribution is 6.41. The minimum atomic E-state index is -0.765. The van der Waals surface area contributed by atoms with Crippen molar-refractivity contribution in [2.24, 2.45) is 0 Å².